The zero-order valence-electron chi connectivity index (χ0n) is 16.5. The minimum absolute atomic E-state index is 0.149. The first kappa shape index (κ1) is 21.1. The predicted octanol–water partition coefficient (Wildman–Crippen LogP) is 6.48. The molecule has 0 radical (unpaired) electrons. The van der Waals surface area contributed by atoms with Gasteiger partial charge in [0.15, 0.2) is 0 Å². The van der Waals surface area contributed by atoms with Crippen LogP contribution in [-0.4, -0.2) is 11.2 Å². The standard InChI is InChI=1S/C20H38O2/c1-17(2,3)13-15-21-19(7,8)11-12-20(9,10)22-16-14-18(4,5)6/h13-16H,11-12H2,1-10H3. The summed E-state index contributed by atoms with van der Waals surface area (Å²) >= 11 is 0. The summed E-state index contributed by atoms with van der Waals surface area (Å²) in [7, 11) is 0. The largest absolute Gasteiger partial charge is 0.496 e. The molecule has 0 aromatic carbocycles. The Morgan fingerprint density at radius 3 is 1.05 bits per heavy atom. The molecule has 0 N–H and O–H groups in total. The molecule has 0 spiro atoms. The van der Waals surface area contributed by atoms with Gasteiger partial charge in [0.25, 0.3) is 0 Å². The molecule has 0 saturated heterocycles. The van der Waals surface area contributed by atoms with Crippen LogP contribution in [0.25, 0.3) is 0 Å². The van der Waals surface area contributed by atoms with Crippen molar-refractivity contribution in [3.63, 3.8) is 0 Å². The average Bonchev–Trinajstić information content (AvgIpc) is 2.22. The van der Waals surface area contributed by atoms with Crippen LogP contribution in [-0.2, 0) is 9.47 Å². The van der Waals surface area contributed by atoms with Crippen LogP contribution in [0, 0.1) is 10.8 Å². The molecule has 0 saturated carbocycles. The lowest BCUT2D eigenvalue weighted by Gasteiger charge is -2.31. The molecule has 0 aromatic heterocycles. The molecule has 0 fully saturated rings. The van der Waals surface area contributed by atoms with Crippen LogP contribution in [0.5, 0.6) is 0 Å². The third-order valence-corrected chi connectivity index (χ3v) is 3.24. The first-order valence-electron chi connectivity index (χ1n) is 8.33. The Morgan fingerprint density at radius 2 is 0.818 bits per heavy atom. The van der Waals surface area contributed by atoms with Crippen molar-refractivity contribution in [2.24, 2.45) is 10.8 Å². The van der Waals surface area contributed by atoms with Crippen molar-refractivity contribution in [2.75, 3.05) is 0 Å². The van der Waals surface area contributed by atoms with Crippen LogP contribution in [0.4, 0.5) is 0 Å². The maximum atomic E-state index is 5.91. The second-order valence-corrected chi connectivity index (χ2v) is 9.59. The fraction of sp³-hybridized carbons (Fsp3) is 0.800. The Hall–Kier alpha value is -0.920. The zero-order valence-corrected chi connectivity index (χ0v) is 16.5. The van der Waals surface area contributed by atoms with Gasteiger partial charge in [-0.25, -0.2) is 0 Å². The average molecular weight is 311 g/mol. The quantitative estimate of drug-likeness (QED) is 0.501. The fourth-order valence-electron chi connectivity index (χ4n) is 1.56. The lowest BCUT2D eigenvalue weighted by atomic mass is 9.93. The van der Waals surface area contributed by atoms with E-state index < -0.39 is 0 Å². The van der Waals surface area contributed by atoms with Crippen LogP contribution in [0.3, 0.4) is 0 Å². The highest BCUT2D eigenvalue weighted by atomic mass is 16.5. The summed E-state index contributed by atoms with van der Waals surface area (Å²) in [5, 5.41) is 0. The maximum absolute atomic E-state index is 5.91. The Balaban J connectivity index is 4.38. The van der Waals surface area contributed by atoms with E-state index in [2.05, 4.69) is 81.4 Å². The van der Waals surface area contributed by atoms with Gasteiger partial charge in [-0.1, -0.05) is 41.5 Å². The van der Waals surface area contributed by atoms with Crippen LogP contribution < -0.4 is 0 Å². The molecule has 0 aliphatic rings. The third kappa shape index (κ3) is 12.8. The van der Waals surface area contributed by atoms with Crippen molar-refractivity contribution in [3.05, 3.63) is 24.7 Å². The number of hydrogen-bond acceptors (Lipinski definition) is 2. The summed E-state index contributed by atoms with van der Waals surface area (Å²) < 4.78 is 11.8. The van der Waals surface area contributed by atoms with E-state index >= 15 is 0 Å². The molecule has 0 aliphatic heterocycles. The van der Waals surface area contributed by atoms with Gasteiger partial charge in [0.05, 0.1) is 12.5 Å². The van der Waals surface area contributed by atoms with Gasteiger partial charge < -0.3 is 9.47 Å². The van der Waals surface area contributed by atoms with Crippen molar-refractivity contribution in [1.82, 2.24) is 0 Å². The molecule has 0 unspecified atom stereocenters. The van der Waals surface area contributed by atoms with E-state index in [-0.39, 0.29) is 22.0 Å². The van der Waals surface area contributed by atoms with E-state index in [0.29, 0.717) is 0 Å². The predicted molar refractivity (Wildman–Crippen MR) is 96.8 cm³/mol. The summed E-state index contributed by atoms with van der Waals surface area (Å²) in [6.45, 7) is 21.5. The second-order valence-electron chi connectivity index (χ2n) is 9.59. The first-order chi connectivity index (χ1) is 9.62. The van der Waals surface area contributed by atoms with E-state index in [1.165, 1.54) is 0 Å². The summed E-state index contributed by atoms with van der Waals surface area (Å²) in [6, 6.07) is 0. The highest BCUT2D eigenvalue weighted by Gasteiger charge is 2.25. The van der Waals surface area contributed by atoms with Crippen molar-refractivity contribution < 1.29 is 9.47 Å². The van der Waals surface area contributed by atoms with Crippen LogP contribution in [0.15, 0.2) is 24.7 Å². The number of allylic oxidation sites excluding steroid dienone is 2. The van der Waals surface area contributed by atoms with E-state index in [1.54, 1.807) is 0 Å². The highest BCUT2D eigenvalue weighted by Crippen LogP contribution is 2.26. The van der Waals surface area contributed by atoms with Crippen molar-refractivity contribution in [1.29, 1.82) is 0 Å². The van der Waals surface area contributed by atoms with E-state index in [1.807, 2.05) is 12.5 Å². The number of ether oxygens (including phenoxy) is 2. The van der Waals surface area contributed by atoms with Gasteiger partial charge >= 0.3 is 0 Å². The molecule has 130 valence electrons. The van der Waals surface area contributed by atoms with Gasteiger partial charge in [-0.05, 0) is 63.5 Å². The van der Waals surface area contributed by atoms with Crippen LogP contribution >= 0.6 is 0 Å². The summed E-state index contributed by atoms with van der Waals surface area (Å²) in [5.41, 5.74) is -0.0708. The summed E-state index contributed by atoms with van der Waals surface area (Å²) in [6.07, 6.45) is 9.77. The zero-order chi connectivity index (χ0) is 17.7. The van der Waals surface area contributed by atoms with Crippen molar-refractivity contribution >= 4 is 0 Å². The molecule has 0 aliphatic carbocycles. The van der Waals surface area contributed by atoms with Crippen LogP contribution in [0.1, 0.15) is 82.1 Å². The molecule has 0 rings (SSSR count). The Labute approximate surface area is 139 Å². The lowest BCUT2D eigenvalue weighted by Crippen LogP contribution is -2.29. The molecule has 0 bridgehead atoms. The maximum Gasteiger partial charge on any atom is 0.103 e. The molecule has 0 aromatic rings. The second kappa shape index (κ2) is 7.57. The van der Waals surface area contributed by atoms with E-state index in [9.17, 15) is 0 Å². The number of rotatable bonds is 7. The molecule has 2 heteroatoms. The lowest BCUT2D eigenvalue weighted by molar-refractivity contribution is -0.00129. The third-order valence-electron chi connectivity index (χ3n) is 3.24. The van der Waals surface area contributed by atoms with Crippen molar-refractivity contribution in [2.45, 2.75) is 93.3 Å². The molecule has 0 atom stereocenters. The summed E-state index contributed by atoms with van der Waals surface area (Å²) in [5.74, 6) is 0. The number of hydrogen-bond donors (Lipinski definition) is 0. The Kier molecular flexibility index (Phi) is 7.25. The smallest absolute Gasteiger partial charge is 0.103 e. The normalized spacial score (nSPS) is 14.8. The molecule has 0 heterocycles. The van der Waals surface area contributed by atoms with Gasteiger partial charge in [0.1, 0.15) is 11.2 Å². The van der Waals surface area contributed by atoms with Gasteiger partial charge in [-0.15, -0.1) is 0 Å². The van der Waals surface area contributed by atoms with Gasteiger partial charge in [-0.2, -0.15) is 0 Å². The van der Waals surface area contributed by atoms with E-state index in [0.717, 1.165) is 12.8 Å². The summed E-state index contributed by atoms with van der Waals surface area (Å²) in [4.78, 5) is 0. The SMILES string of the molecule is CC(C)(C)C=COC(C)(C)CCC(C)(C)OC=CC(C)(C)C. The fourth-order valence-corrected chi connectivity index (χ4v) is 1.56. The molecule has 22 heavy (non-hydrogen) atoms. The molecule has 0 amide bonds. The molecular formula is C20H38O2. The Bertz CT molecular complexity index is 335. The first-order valence-corrected chi connectivity index (χ1v) is 8.33. The van der Waals surface area contributed by atoms with Gasteiger partial charge in [0.2, 0.25) is 0 Å². The highest BCUT2D eigenvalue weighted by molar-refractivity contribution is 4.91. The topological polar surface area (TPSA) is 18.5 Å². The van der Waals surface area contributed by atoms with E-state index in [4.69, 9.17) is 9.47 Å². The minimum atomic E-state index is -0.184. The van der Waals surface area contributed by atoms with Gasteiger partial charge in [0, 0.05) is 0 Å². The van der Waals surface area contributed by atoms with Crippen LogP contribution in [0.2, 0.25) is 0 Å². The minimum Gasteiger partial charge on any atom is -0.496 e. The Morgan fingerprint density at radius 1 is 0.545 bits per heavy atom. The van der Waals surface area contributed by atoms with Crippen molar-refractivity contribution in [3.8, 4) is 0 Å². The molecule has 2 nitrogen and oxygen atoms in total. The monoisotopic (exact) mass is 310 g/mol. The molecular weight excluding hydrogens is 272 g/mol. The van der Waals surface area contributed by atoms with Gasteiger partial charge in [-0.3, -0.25) is 0 Å².